The number of nitrogens with one attached hydrogen (secondary N) is 1. The highest BCUT2D eigenvalue weighted by molar-refractivity contribution is 7.89. The maximum atomic E-state index is 13.2. The number of sulfonamides is 1. The zero-order valence-electron chi connectivity index (χ0n) is 21.8. The number of alkyl halides is 3. The molecule has 1 aromatic carbocycles. The highest BCUT2D eigenvalue weighted by atomic mass is 32.2. The van der Waals surface area contributed by atoms with Crippen molar-refractivity contribution in [2.75, 3.05) is 20.1 Å². The summed E-state index contributed by atoms with van der Waals surface area (Å²) < 4.78 is 71.6. The van der Waals surface area contributed by atoms with E-state index in [-0.39, 0.29) is 41.8 Å². The van der Waals surface area contributed by atoms with Crippen molar-refractivity contribution in [1.82, 2.24) is 14.5 Å². The molecule has 12 heteroatoms. The molecule has 1 aromatic rings. The Kier molecular flexibility index (Phi) is 8.53. The zero-order valence-corrected chi connectivity index (χ0v) is 22.7. The van der Waals surface area contributed by atoms with E-state index >= 15 is 0 Å². The van der Waals surface area contributed by atoms with E-state index in [1.54, 1.807) is 20.8 Å². The van der Waals surface area contributed by atoms with Gasteiger partial charge in [0.2, 0.25) is 15.9 Å². The third-order valence-corrected chi connectivity index (χ3v) is 8.83. The average Bonchev–Trinajstić information content (AvgIpc) is 3.38. The lowest BCUT2D eigenvalue weighted by molar-refractivity contribution is -0.137. The highest BCUT2D eigenvalue weighted by Crippen LogP contribution is 2.40. The second kappa shape index (κ2) is 10.8. The van der Waals surface area contributed by atoms with Crippen LogP contribution in [0.3, 0.4) is 0 Å². The molecule has 0 radical (unpaired) electrons. The van der Waals surface area contributed by atoms with Crippen LogP contribution in [0.5, 0.6) is 0 Å². The molecule has 2 amide bonds. The van der Waals surface area contributed by atoms with E-state index in [0.29, 0.717) is 19.3 Å². The molecular weight excluding hydrogens is 511 g/mol. The summed E-state index contributed by atoms with van der Waals surface area (Å²) in [6, 6.07) is 2.49. The molecule has 0 bridgehead atoms. The second-order valence-electron chi connectivity index (χ2n) is 10.9. The number of carbonyl (C=O) groups is 2. The Hall–Kier alpha value is -2.34. The van der Waals surface area contributed by atoms with Crippen LogP contribution in [0.25, 0.3) is 0 Å². The highest BCUT2D eigenvalue weighted by Gasteiger charge is 2.47. The van der Waals surface area contributed by atoms with Crippen LogP contribution in [0.2, 0.25) is 0 Å². The maximum absolute atomic E-state index is 13.2. The lowest BCUT2D eigenvalue weighted by Crippen LogP contribution is -2.52. The molecule has 3 rings (SSSR count). The summed E-state index contributed by atoms with van der Waals surface area (Å²) in [5.74, 6) is -0.407. The molecule has 1 saturated carbocycles. The van der Waals surface area contributed by atoms with E-state index in [1.165, 1.54) is 16.3 Å². The van der Waals surface area contributed by atoms with Crippen LogP contribution in [-0.2, 0) is 25.7 Å². The lowest BCUT2D eigenvalue weighted by atomic mass is 9.97. The fourth-order valence-corrected chi connectivity index (χ4v) is 6.61. The Balaban J connectivity index is 1.68. The third kappa shape index (κ3) is 6.76. The Morgan fingerprint density at radius 1 is 1.14 bits per heavy atom. The minimum absolute atomic E-state index is 0.0303. The molecule has 37 heavy (non-hydrogen) atoms. The van der Waals surface area contributed by atoms with Crippen LogP contribution in [-0.4, -0.2) is 67.4 Å². The van der Waals surface area contributed by atoms with Crippen LogP contribution >= 0.6 is 0 Å². The molecule has 1 saturated heterocycles. The molecule has 2 aliphatic rings. The van der Waals surface area contributed by atoms with E-state index < -0.39 is 39.5 Å². The first kappa shape index (κ1) is 29.2. The van der Waals surface area contributed by atoms with Crippen molar-refractivity contribution >= 4 is 22.0 Å². The van der Waals surface area contributed by atoms with Crippen LogP contribution < -0.4 is 5.32 Å². The molecular formula is C25H36F3N3O5S. The van der Waals surface area contributed by atoms with Crippen LogP contribution in [0.1, 0.15) is 58.9 Å². The summed E-state index contributed by atoms with van der Waals surface area (Å²) in [7, 11) is -2.45. The van der Waals surface area contributed by atoms with Gasteiger partial charge in [-0.05, 0) is 76.1 Å². The first-order valence-corrected chi connectivity index (χ1v) is 13.9. The first-order chi connectivity index (χ1) is 17.0. The van der Waals surface area contributed by atoms with Gasteiger partial charge in [-0.15, -0.1) is 0 Å². The largest absolute Gasteiger partial charge is 0.444 e. The Morgan fingerprint density at radius 3 is 2.30 bits per heavy atom. The van der Waals surface area contributed by atoms with E-state index in [2.05, 4.69) is 5.32 Å². The lowest BCUT2D eigenvalue weighted by Gasteiger charge is -2.31. The van der Waals surface area contributed by atoms with Crippen molar-refractivity contribution in [2.45, 2.75) is 82.1 Å². The molecule has 1 heterocycles. The minimum atomic E-state index is -4.55. The quantitative estimate of drug-likeness (QED) is 0.551. The summed E-state index contributed by atoms with van der Waals surface area (Å²) in [6.07, 6.45) is -2.64. The first-order valence-electron chi connectivity index (χ1n) is 12.5. The van der Waals surface area contributed by atoms with Gasteiger partial charge in [0, 0.05) is 26.2 Å². The van der Waals surface area contributed by atoms with Crippen molar-refractivity contribution < 1.29 is 35.9 Å². The van der Waals surface area contributed by atoms with E-state index in [4.69, 9.17) is 4.74 Å². The van der Waals surface area contributed by atoms with Crippen LogP contribution in [0.15, 0.2) is 29.2 Å². The average molecular weight is 548 g/mol. The number of benzene rings is 1. The van der Waals surface area contributed by atoms with E-state index in [9.17, 15) is 31.2 Å². The molecule has 4 atom stereocenters. The number of hydrogen-bond acceptors (Lipinski definition) is 5. The molecule has 2 fully saturated rings. The van der Waals surface area contributed by atoms with E-state index in [1.807, 2.05) is 6.92 Å². The molecule has 1 aliphatic heterocycles. The molecule has 1 aliphatic carbocycles. The van der Waals surface area contributed by atoms with Crippen molar-refractivity contribution in [1.29, 1.82) is 0 Å². The van der Waals surface area contributed by atoms with Crippen LogP contribution in [0.4, 0.5) is 18.0 Å². The monoisotopic (exact) mass is 547 g/mol. The van der Waals surface area contributed by atoms with Gasteiger partial charge in [-0.25, -0.2) is 13.2 Å². The minimum Gasteiger partial charge on any atom is -0.444 e. The maximum Gasteiger partial charge on any atom is 0.416 e. The van der Waals surface area contributed by atoms with Gasteiger partial charge in [0.05, 0.1) is 10.5 Å². The summed E-state index contributed by atoms with van der Waals surface area (Å²) in [5, 5.41) is 3.03. The molecule has 0 spiro atoms. The number of ether oxygens (including phenoxy) is 1. The molecule has 208 valence electrons. The Labute approximate surface area is 216 Å². The number of likely N-dealkylation sites (N-methyl/N-ethyl adjacent to an activating group) is 1. The fourth-order valence-electron chi connectivity index (χ4n) is 5.08. The number of nitrogens with zero attached hydrogens (tertiary/aromatic N) is 2. The van der Waals surface area contributed by atoms with Crippen molar-refractivity contribution in [3.8, 4) is 0 Å². The normalized spacial score (nSPS) is 23.4. The number of amides is 2. The standard InChI is InChI=1S/C25H36F3N3O5S/c1-6-7-21(30(5)23(33)36-24(2,3)4)22(32)29-20-13-8-16-14-31(15-19(16)20)37(34,35)18-11-9-17(10-12-18)25(26,27)28/h9-12,16,19-21H,6-8,13-15H2,1-5H3,(H,29,32)/t16-,19+,20-,21?/m1/s1. The van der Waals surface area contributed by atoms with Gasteiger partial charge in [-0.2, -0.15) is 17.5 Å². The van der Waals surface area contributed by atoms with Gasteiger partial charge in [-0.1, -0.05) is 13.3 Å². The molecule has 8 nitrogen and oxygen atoms in total. The summed E-state index contributed by atoms with van der Waals surface area (Å²) in [5.41, 5.74) is -1.62. The summed E-state index contributed by atoms with van der Waals surface area (Å²) >= 11 is 0. The molecule has 1 N–H and O–H groups in total. The van der Waals surface area contributed by atoms with E-state index in [0.717, 1.165) is 30.7 Å². The number of fused-ring (bicyclic) bond motifs is 1. The smallest absolute Gasteiger partial charge is 0.416 e. The van der Waals surface area contributed by atoms with Crippen molar-refractivity contribution in [2.24, 2.45) is 11.8 Å². The number of carbonyl (C=O) groups excluding carboxylic acids is 2. The van der Waals surface area contributed by atoms with Gasteiger partial charge in [-0.3, -0.25) is 9.69 Å². The Morgan fingerprint density at radius 2 is 1.76 bits per heavy atom. The molecule has 0 aromatic heterocycles. The summed E-state index contributed by atoms with van der Waals surface area (Å²) in [4.78, 5) is 26.9. The van der Waals surface area contributed by atoms with Crippen LogP contribution in [0, 0.1) is 11.8 Å². The summed E-state index contributed by atoms with van der Waals surface area (Å²) in [6.45, 7) is 7.57. The van der Waals surface area contributed by atoms with Gasteiger partial charge < -0.3 is 10.1 Å². The number of halogens is 3. The van der Waals surface area contributed by atoms with Gasteiger partial charge in [0.25, 0.3) is 0 Å². The Bertz CT molecular complexity index is 1090. The fraction of sp³-hybridized carbons (Fsp3) is 0.680. The van der Waals surface area contributed by atoms with Gasteiger partial charge in [0.15, 0.2) is 0 Å². The topological polar surface area (TPSA) is 96.0 Å². The predicted octanol–water partition coefficient (Wildman–Crippen LogP) is 4.26. The van der Waals surface area contributed by atoms with Crippen molar-refractivity contribution in [3.05, 3.63) is 29.8 Å². The zero-order chi connectivity index (χ0) is 27.8. The number of rotatable bonds is 7. The predicted molar refractivity (Wildman–Crippen MR) is 131 cm³/mol. The SMILES string of the molecule is CCCC(C(=O)N[C@@H]1CC[C@@H]2CN(S(=O)(=O)c3ccc(C(F)(F)F)cc3)C[C@@H]21)N(C)C(=O)OC(C)(C)C. The van der Waals surface area contributed by atoms with Gasteiger partial charge >= 0.3 is 12.3 Å². The van der Waals surface area contributed by atoms with Gasteiger partial charge in [0.1, 0.15) is 11.6 Å². The second-order valence-corrected chi connectivity index (χ2v) is 12.8. The third-order valence-electron chi connectivity index (χ3n) is 6.98. The molecule has 1 unspecified atom stereocenters. The number of hydrogen-bond donors (Lipinski definition) is 1. The van der Waals surface area contributed by atoms with Crippen molar-refractivity contribution in [3.63, 3.8) is 0 Å².